The van der Waals surface area contributed by atoms with Crippen LogP contribution in [0.2, 0.25) is 0 Å². The lowest BCUT2D eigenvalue weighted by molar-refractivity contribution is -0.0394. The van der Waals surface area contributed by atoms with Gasteiger partial charge in [-0.05, 0) is 33.6 Å². The molecule has 1 aliphatic carbocycles. The van der Waals surface area contributed by atoms with Crippen LogP contribution in [0.15, 0.2) is 0 Å². The van der Waals surface area contributed by atoms with E-state index in [1.54, 1.807) is 0 Å². The van der Waals surface area contributed by atoms with Gasteiger partial charge in [0.15, 0.2) is 0 Å². The Kier molecular flexibility index (Phi) is 2.34. The van der Waals surface area contributed by atoms with Gasteiger partial charge in [-0.15, -0.1) is 0 Å². The summed E-state index contributed by atoms with van der Waals surface area (Å²) in [5.74, 6) is 0. The smallest absolute Gasteiger partial charge is 0.308 e. The molecular formula is C10H19O3P. The van der Waals surface area contributed by atoms with Crippen LogP contribution in [0.25, 0.3) is 0 Å². The van der Waals surface area contributed by atoms with E-state index < -0.39 is 12.8 Å². The molecule has 3 nitrogen and oxygen atoms in total. The van der Waals surface area contributed by atoms with E-state index in [1.165, 1.54) is 6.42 Å². The van der Waals surface area contributed by atoms with E-state index in [0.717, 1.165) is 12.8 Å². The molecule has 0 amide bonds. The maximum atomic E-state index is 12.2. The van der Waals surface area contributed by atoms with E-state index in [9.17, 15) is 4.57 Å². The number of hydrogen-bond donors (Lipinski definition) is 0. The summed E-state index contributed by atoms with van der Waals surface area (Å²) in [7, 11) is -2.86. The maximum Gasteiger partial charge on any atom is 0.335 e. The van der Waals surface area contributed by atoms with Crippen LogP contribution in [0.5, 0.6) is 0 Å². The highest BCUT2D eigenvalue weighted by atomic mass is 31.2. The Morgan fingerprint density at radius 1 is 1.14 bits per heavy atom. The van der Waals surface area contributed by atoms with Crippen molar-refractivity contribution >= 4 is 7.60 Å². The Morgan fingerprint density at radius 2 is 1.64 bits per heavy atom. The molecule has 14 heavy (non-hydrogen) atoms. The van der Waals surface area contributed by atoms with Gasteiger partial charge in [-0.2, -0.15) is 0 Å². The molecule has 1 saturated heterocycles. The van der Waals surface area contributed by atoms with Crippen LogP contribution >= 0.6 is 7.60 Å². The molecule has 1 aliphatic heterocycles. The second kappa shape index (κ2) is 3.07. The van der Waals surface area contributed by atoms with Crippen molar-refractivity contribution in [2.24, 2.45) is 5.41 Å². The standard InChI is InChI=1S/C10H19O3P/c1-9(2,3)14(11)12-7-10(8-13-14)5-4-6-10/h4-8H2,1-3H3. The summed E-state index contributed by atoms with van der Waals surface area (Å²) in [4.78, 5) is 0. The Bertz CT molecular complexity index is 262. The average Bonchev–Trinajstić information content (AvgIpc) is 2.01. The molecule has 82 valence electrons. The van der Waals surface area contributed by atoms with E-state index in [4.69, 9.17) is 9.05 Å². The first-order chi connectivity index (χ1) is 6.37. The molecule has 2 aliphatic rings. The fraction of sp³-hybridized carbons (Fsp3) is 1.00. The summed E-state index contributed by atoms with van der Waals surface area (Å²) < 4.78 is 23.3. The maximum absolute atomic E-state index is 12.2. The lowest BCUT2D eigenvalue weighted by atomic mass is 9.70. The summed E-state index contributed by atoms with van der Waals surface area (Å²) in [5.41, 5.74) is 0.208. The SMILES string of the molecule is CC(C)(C)P1(=O)OCC2(CCC2)CO1. The van der Waals surface area contributed by atoms with Crippen LogP contribution in [-0.4, -0.2) is 18.4 Å². The molecule has 0 aromatic heterocycles. The third-order valence-electron chi connectivity index (χ3n) is 3.32. The van der Waals surface area contributed by atoms with Crippen LogP contribution in [0.3, 0.4) is 0 Å². The van der Waals surface area contributed by atoms with Crippen LogP contribution in [-0.2, 0) is 13.6 Å². The summed E-state index contributed by atoms with van der Waals surface area (Å²) in [5, 5.41) is -0.391. The van der Waals surface area contributed by atoms with Crippen LogP contribution in [0.4, 0.5) is 0 Å². The van der Waals surface area contributed by atoms with Crippen molar-refractivity contribution in [2.45, 2.75) is 45.2 Å². The van der Waals surface area contributed by atoms with Crippen molar-refractivity contribution in [3.63, 3.8) is 0 Å². The molecular weight excluding hydrogens is 199 g/mol. The molecule has 0 unspecified atom stereocenters. The average molecular weight is 218 g/mol. The predicted molar refractivity (Wildman–Crippen MR) is 55.5 cm³/mol. The van der Waals surface area contributed by atoms with Crippen LogP contribution in [0.1, 0.15) is 40.0 Å². The van der Waals surface area contributed by atoms with Crippen LogP contribution < -0.4 is 0 Å². The quantitative estimate of drug-likeness (QED) is 0.586. The third kappa shape index (κ3) is 1.56. The molecule has 0 aromatic rings. The summed E-state index contributed by atoms with van der Waals surface area (Å²) >= 11 is 0. The Morgan fingerprint density at radius 3 is 1.93 bits per heavy atom. The highest BCUT2D eigenvalue weighted by molar-refractivity contribution is 7.55. The van der Waals surface area contributed by atoms with Gasteiger partial charge in [0.05, 0.1) is 18.4 Å². The lowest BCUT2D eigenvalue weighted by Gasteiger charge is -2.47. The second-order valence-corrected chi connectivity index (χ2v) is 8.42. The van der Waals surface area contributed by atoms with E-state index >= 15 is 0 Å². The Balaban J connectivity index is 2.05. The van der Waals surface area contributed by atoms with Gasteiger partial charge in [0.1, 0.15) is 0 Å². The van der Waals surface area contributed by atoms with Crippen molar-refractivity contribution in [2.75, 3.05) is 13.2 Å². The van der Waals surface area contributed by atoms with E-state index in [2.05, 4.69) is 0 Å². The van der Waals surface area contributed by atoms with Gasteiger partial charge in [-0.1, -0.05) is 6.42 Å². The highest BCUT2D eigenvalue weighted by Gasteiger charge is 2.50. The monoisotopic (exact) mass is 218 g/mol. The molecule has 0 N–H and O–H groups in total. The first-order valence-electron chi connectivity index (χ1n) is 5.26. The molecule has 2 rings (SSSR count). The molecule has 0 atom stereocenters. The van der Waals surface area contributed by atoms with Gasteiger partial charge in [0, 0.05) is 5.41 Å². The molecule has 0 aromatic carbocycles. The van der Waals surface area contributed by atoms with E-state index in [1.807, 2.05) is 20.8 Å². The van der Waals surface area contributed by atoms with Crippen molar-refractivity contribution in [3.05, 3.63) is 0 Å². The predicted octanol–water partition coefficient (Wildman–Crippen LogP) is 3.20. The first-order valence-corrected chi connectivity index (χ1v) is 6.81. The third-order valence-corrected chi connectivity index (χ3v) is 5.90. The minimum Gasteiger partial charge on any atom is -0.308 e. The summed E-state index contributed by atoms with van der Waals surface area (Å²) in [6.07, 6.45) is 3.58. The van der Waals surface area contributed by atoms with E-state index in [-0.39, 0.29) is 5.41 Å². The van der Waals surface area contributed by atoms with Crippen molar-refractivity contribution in [3.8, 4) is 0 Å². The molecule has 1 heterocycles. The van der Waals surface area contributed by atoms with Crippen LogP contribution in [0, 0.1) is 5.41 Å². The van der Waals surface area contributed by atoms with Gasteiger partial charge in [0.25, 0.3) is 0 Å². The Labute approximate surface area is 85.7 Å². The largest absolute Gasteiger partial charge is 0.335 e. The topological polar surface area (TPSA) is 35.5 Å². The fourth-order valence-electron chi connectivity index (χ4n) is 1.88. The minimum absolute atomic E-state index is 0.208. The molecule has 2 fully saturated rings. The molecule has 1 spiro atoms. The summed E-state index contributed by atoms with van der Waals surface area (Å²) in [6.45, 7) is 6.98. The van der Waals surface area contributed by atoms with Crippen molar-refractivity contribution in [1.82, 2.24) is 0 Å². The lowest BCUT2D eigenvalue weighted by Crippen LogP contribution is -2.43. The molecule has 0 radical (unpaired) electrons. The Hall–Kier alpha value is 0.150. The molecule has 1 saturated carbocycles. The normalized spacial score (nSPS) is 29.9. The first kappa shape index (κ1) is 10.7. The zero-order valence-electron chi connectivity index (χ0n) is 9.21. The zero-order valence-corrected chi connectivity index (χ0v) is 10.1. The second-order valence-electron chi connectivity index (χ2n) is 5.57. The van der Waals surface area contributed by atoms with Crippen molar-refractivity contribution in [1.29, 1.82) is 0 Å². The van der Waals surface area contributed by atoms with Gasteiger partial charge in [-0.3, -0.25) is 4.57 Å². The number of rotatable bonds is 0. The number of hydrogen-bond acceptors (Lipinski definition) is 3. The molecule has 0 bridgehead atoms. The van der Waals surface area contributed by atoms with Gasteiger partial charge in [-0.25, -0.2) is 0 Å². The minimum atomic E-state index is -2.86. The van der Waals surface area contributed by atoms with Crippen molar-refractivity contribution < 1.29 is 13.6 Å². The highest BCUT2D eigenvalue weighted by Crippen LogP contribution is 2.65. The van der Waals surface area contributed by atoms with Gasteiger partial charge in [0.2, 0.25) is 0 Å². The molecule has 4 heteroatoms. The van der Waals surface area contributed by atoms with E-state index in [0.29, 0.717) is 13.2 Å². The fourth-order valence-corrected chi connectivity index (χ4v) is 3.61. The zero-order chi connectivity index (χ0) is 10.4. The van der Waals surface area contributed by atoms with Gasteiger partial charge < -0.3 is 9.05 Å². The van der Waals surface area contributed by atoms with Gasteiger partial charge >= 0.3 is 7.60 Å². The summed E-state index contributed by atoms with van der Waals surface area (Å²) in [6, 6.07) is 0.